The van der Waals surface area contributed by atoms with Gasteiger partial charge in [0.25, 0.3) is 5.91 Å². The quantitative estimate of drug-likeness (QED) is 0.804. The van der Waals surface area contributed by atoms with Crippen molar-refractivity contribution in [3.63, 3.8) is 0 Å². The summed E-state index contributed by atoms with van der Waals surface area (Å²) in [6.45, 7) is 5.59. The lowest BCUT2D eigenvalue weighted by atomic mass is 10.0. The number of furan rings is 1. The summed E-state index contributed by atoms with van der Waals surface area (Å²) in [5.41, 5.74) is 3.37. The average molecular weight is 380 g/mol. The maximum absolute atomic E-state index is 11.9. The molecule has 2 aromatic rings. The van der Waals surface area contributed by atoms with E-state index in [-0.39, 0.29) is 24.3 Å². The molecule has 1 heterocycles. The molecule has 0 bridgehead atoms. The van der Waals surface area contributed by atoms with Crippen LogP contribution in [0.15, 0.2) is 39.4 Å². The predicted molar refractivity (Wildman–Crippen MR) is 89.2 cm³/mol. The molecule has 1 aromatic carbocycles. The molecule has 1 N–H and O–H groups in total. The summed E-state index contributed by atoms with van der Waals surface area (Å²) in [6, 6.07) is 8.91. The van der Waals surface area contributed by atoms with E-state index in [9.17, 15) is 9.59 Å². The molecule has 0 saturated heterocycles. The van der Waals surface area contributed by atoms with Crippen LogP contribution >= 0.6 is 15.9 Å². The van der Waals surface area contributed by atoms with Gasteiger partial charge in [0.1, 0.15) is 0 Å². The molecule has 0 spiro atoms. The largest absolute Gasteiger partial charge is 0.450 e. The van der Waals surface area contributed by atoms with E-state index in [1.54, 1.807) is 6.07 Å². The molecule has 5 nitrogen and oxygen atoms in total. The Morgan fingerprint density at radius 2 is 1.96 bits per heavy atom. The highest BCUT2D eigenvalue weighted by atomic mass is 79.9. The molecule has 122 valence electrons. The molecular formula is C17H18BrNO4. The van der Waals surface area contributed by atoms with Gasteiger partial charge in [0, 0.05) is 0 Å². The zero-order chi connectivity index (χ0) is 17.0. The van der Waals surface area contributed by atoms with Crippen LogP contribution in [0.25, 0.3) is 0 Å². The zero-order valence-electron chi connectivity index (χ0n) is 13.2. The van der Waals surface area contributed by atoms with Crippen LogP contribution in [0.4, 0.5) is 0 Å². The SMILES string of the molecule is Cc1ccc(C(C)NC(=O)COC(=O)c2ccc(Br)o2)cc1C. The highest BCUT2D eigenvalue weighted by Crippen LogP contribution is 2.17. The minimum Gasteiger partial charge on any atom is -0.450 e. The van der Waals surface area contributed by atoms with E-state index < -0.39 is 5.97 Å². The van der Waals surface area contributed by atoms with Crippen molar-refractivity contribution >= 4 is 27.8 Å². The van der Waals surface area contributed by atoms with Gasteiger partial charge < -0.3 is 14.5 Å². The first kappa shape index (κ1) is 17.3. The molecule has 0 radical (unpaired) electrons. The van der Waals surface area contributed by atoms with E-state index in [0.717, 1.165) is 5.56 Å². The van der Waals surface area contributed by atoms with E-state index in [1.165, 1.54) is 17.2 Å². The first-order chi connectivity index (χ1) is 10.9. The molecule has 23 heavy (non-hydrogen) atoms. The number of amides is 1. The molecule has 0 saturated carbocycles. The van der Waals surface area contributed by atoms with Crippen molar-refractivity contribution in [2.24, 2.45) is 0 Å². The monoisotopic (exact) mass is 379 g/mol. The van der Waals surface area contributed by atoms with Gasteiger partial charge in [-0.05, 0) is 65.5 Å². The van der Waals surface area contributed by atoms with Crippen molar-refractivity contribution < 1.29 is 18.7 Å². The third-order valence-corrected chi connectivity index (χ3v) is 3.94. The third kappa shape index (κ3) is 4.69. The van der Waals surface area contributed by atoms with Crippen LogP contribution in [0.5, 0.6) is 0 Å². The van der Waals surface area contributed by atoms with Gasteiger partial charge >= 0.3 is 5.97 Å². The average Bonchev–Trinajstić information content (AvgIpc) is 2.94. The van der Waals surface area contributed by atoms with Crippen LogP contribution in [-0.2, 0) is 9.53 Å². The molecule has 6 heteroatoms. The lowest BCUT2D eigenvalue weighted by Gasteiger charge is -2.15. The van der Waals surface area contributed by atoms with Crippen molar-refractivity contribution in [3.05, 3.63) is 57.5 Å². The van der Waals surface area contributed by atoms with Crippen molar-refractivity contribution in [3.8, 4) is 0 Å². The fraction of sp³-hybridized carbons (Fsp3) is 0.294. The fourth-order valence-electron chi connectivity index (χ4n) is 2.03. The summed E-state index contributed by atoms with van der Waals surface area (Å²) in [6.07, 6.45) is 0. The maximum Gasteiger partial charge on any atom is 0.374 e. The molecule has 1 aromatic heterocycles. The Kier molecular flexibility index (Phi) is 5.60. The number of ether oxygens (including phenoxy) is 1. The molecular weight excluding hydrogens is 362 g/mol. The third-order valence-electron chi connectivity index (χ3n) is 3.52. The number of benzene rings is 1. The summed E-state index contributed by atoms with van der Waals surface area (Å²) in [7, 11) is 0. The number of nitrogens with one attached hydrogen (secondary N) is 1. The molecule has 2 rings (SSSR count). The van der Waals surface area contributed by atoms with Gasteiger partial charge in [-0.3, -0.25) is 4.79 Å². The number of hydrogen-bond acceptors (Lipinski definition) is 4. The van der Waals surface area contributed by atoms with Crippen molar-refractivity contribution in [1.82, 2.24) is 5.32 Å². The Morgan fingerprint density at radius 3 is 2.57 bits per heavy atom. The summed E-state index contributed by atoms with van der Waals surface area (Å²) in [5.74, 6) is -0.994. The number of hydrogen-bond donors (Lipinski definition) is 1. The van der Waals surface area contributed by atoms with Crippen LogP contribution < -0.4 is 5.32 Å². The molecule has 0 aliphatic carbocycles. The Morgan fingerprint density at radius 1 is 1.22 bits per heavy atom. The van der Waals surface area contributed by atoms with Crippen LogP contribution in [-0.4, -0.2) is 18.5 Å². The van der Waals surface area contributed by atoms with Crippen molar-refractivity contribution in [2.45, 2.75) is 26.8 Å². The molecule has 0 aliphatic rings. The Balaban J connectivity index is 1.86. The maximum atomic E-state index is 11.9. The lowest BCUT2D eigenvalue weighted by Crippen LogP contribution is -2.31. The minimum absolute atomic E-state index is 0.0480. The summed E-state index contributed by atoms with van der Waals surface area (Å²) in [5, 5.41) is 2.80. The van der Waals surface area contributed by atoms with Gasteiger partial charge in [-0.25, -0.2) is 4.79 Å². The highest BCUT2D eigenvalue weighted by molar-refractivity contribution is 9.10. The molecule has 1 unspecified atom stereocenters. The van der Waals surface area contributed by atoms with Gasteiger partial charge in [0.15, 0.2) is 11.3 Å². The lowest BCUT2D eigenvalue weighted by molar-refractivity contribution is -0.124. The topological polar surface area (TPSA) is 68.5 Å². The number of esters is 1. The van der Waals surface area contributed by atoms with Crippen LogP contribution in [0, 0.1) is 13.8 Å². The number of halogens is 1. The second kappa shape index (κ2) is 7.46. The molecule has 0 fully saturated rings. The van der Waals surface area contributed by atoms with Gasteiger partial charge in [-0.2, -0.15) is 0 Å². The second-order valence-corrected chi connectivity index (χ2v) is 6.09. The van der Waals surface area contributed by atoms with Gasteiger partial charge in [-0.15, -0.1) is 0 Å². The number of aryl methyl sites for hydroxylation is 2. The Hall–Kier alpha value is -2.08. The Labute approximate surface area is 143 Å². The first-order valence-corrected chi connectivity index (χ1v) is 7.95. The number of rotatable bonds is 5. The predicted octanol–water partition coefficient (Wildman–Crippen LogP) is 3.69. The Bertz CT molecular complexity index is 723. The van der Waals surface area contributed by atoms with E-state index in [2.05, 4.69) is 21.2 Å². The summed E-state index contributed by atoms with van der Waals surface area (Å²) in [4.78, 5) is 23.6. The van der Waals surface area contributed by atoms with E-state index in [0.29, 0.717) is 4.67 Å². The van der Waals surface area contributed by atoms with E-state index in [4.69, 9.17) is 9.15 Å². The molecule has 1 amide bonds. The normalized spacial score (nSPS) is 11.8. The standard InChI is InChI=1S/C17H18BrNO4/c1-10-4-5-13(8-11(10)2)12(3)19-16(20)9-22-17(21)14-6-7-15(18)23-14/h4-8,12H,9H2,1-3H3,(H,19,20). The zero-order valence-corrected chi connectivity index (χ0v) is 14.8. The second-order valence-electron chi connectivity index (χ2n) is 5.31. The van der Waals surface area contributed by atoms with Crippen LogP contribution in [0.2, 0.25) is 0 Å². The number of carbonyl (C=O) groups is 2. The summed E-state index contributed by atoms with van der Waals surface area (Å²) >= 11 is 3.10. The van der Waals surface area contributed by atoms with Crippen LogP contribution in [0.1, 0.15) is 40.2 Å². The minimum atomic E-state index is -0.676. The fourth-order valence-corrected chi connectivity index (χ4v) is 2.33. The number of carbonyl (C=O) groups excluding carboxylic acids is 2. The first-order valence-electron chi connectivity index (χ1n) is 7.16. The van der Waals surface area contributed by atoms with Gasteiger partial charge in [0.05, 0.1) is 6.04 Å². The van der Waals surface area contributed by atoms with E-state index in [1.807, 2.05) is 39.0 Å². The van der Waals surface area contributed by atoms with Crippen molar-refractivity contribution in [1.29, 1.82) is 0 Å². The summed E-state index contributed by atoms with van der Waals surface area (Å²) < 4.78 is 10.4. The molecule has 0 aliphatic heterocycles. The smallest absolute Gasteiger partial charge is 0.374 e. The van der Waals surface area contributed by atoms with E-state index >= 15 is 0 Å². The highest BCUT2D eigenvalue weighted by Gasteiger charge is 2.15. The van der Waals surface area contributed by atoms with Gasteiger partial charge in [-0.1, -0.05) is 18.2 Å². The van der Waals surface area contributed by atoms with Crippen molar-refractivity contribution in [2.75, 3.05) is 6.61 Å². The molecule has 1 atom stereocenters. The van der Waals surface area contributed by atoms with Crippen LogP contribution in [0.3, 0.4) is 0 Å². The van der Waals surface area contributed by atoms with Gasteiger partial charge in [0.2, 0.25) is 5.76 Å².